The maximum Gasteiger partial charge on any atom is 0.226 e. The van der Waals surface area contributed by atoms with Gasteiger partial charge in [-0.3, -0.25) is 0 Å². The highest BCUT2D eigenvalue weighted by Crippen LogP contribution is 2.34. The Morgan fingerprint density at radius 1 is 1.47 bits per heavy atom. The van der Waals surface area contributed by atoms with E-state index in [1.54, 1.807) is 0 Å². The zero-order chi connectivity index (χ0) is 12.1. The third-order valence-electron chi connectivity index (χ3n) is 3.46. The van der Waals surface area contributed by atoms with Gasteiger partial charge in [0.2, 0.25) is 5.89 Å². The SMILES string of the molecule is CC1CCCC(c2noc(CCCC#N)n2)C1. The average Bonchev–Trinajstić information content (AvgIpc) is 2.78. The Morgan fingerprint density at radius 3 is 3.12 bits per heavy atom. The van der Waals surface area contributed by atoms with Crippen LogP contribution in [-0.4, -0.2) is 10.1 Å². The van der Waals surface area contributed by atoms with Gasteiger partial charge in [0, 0.05) is 18.8 Å². The van der Waals surface area contributed by atoms with Crippen molar-refractivity contribution < 1.29 is 4.52 Å². The Morgan fingerprint density at radius 2 is 2.35 bits per heavy atom. The second kappa shape index (κ2) is 5.81. The first-order valence-electron chi connectivity index (χ1n) is 6.49. The number of nitriles is 1. The molecule has 2 atom stereocenters. The third kappa shape index (κ3) is 3.29. The maximum absolute atomic E-state index is 8.47. The van der Waals surface area contributed by atoms with Gasteiger partial charge >= 0.3 is 0 Å². The topological polar surface area (TPSA) is 62.7 Å². The summed E-state index contributed by atoms with van der Waals surface area (Å²) >= 11 is 0. The lowest BCUT2D eigenvalue weighted by atomic mass is 9.82. The predicted octanol–water partition coefficient (Wildman–Crippen LogP) is 3.21. The minimum atomic E-state index is 0.479. The Labute approximate surface area is 102 Å². The summed E-state index contributed by atoms with van der Waals surface area (Å²) in [5.74, 6) is 2.82. The number of aryl methyl sites for hydroxylation is 1. The molecule has 0 saturated heterocycles. The number of nitrogens with zero attached hydrogens (tertiary/aromatic N) is 3. The molecule has 1 fully saturated rings. The standard InChI is InChI=1S/C13H19N3O/c1-10-5-4-6-11(9-10)13-15-12(17-16-13)7-2-3-8-14/h10-11H,2-7,9H2,1H3. The van der Waals surface area contributed by atoms with Crippen molar-refractivity contribution in [2.45, 2.75) is 57.8 Å². The molecule has 2 rings (SSSR count). The van der Waals surface area contributed by atoms with E-state index in [1.807, 2.05) is 0 Å². The molecule has 0 amide bonds. The molecule has 4 nitrogen and oxygen atoms in total. The van der Waals surface area contributed by atoms with Crippen molar-refractivity contribution in [3.63, 3.8) is 0 Å². The minimum Gasteiger partial charge on any atom is -0.339 e. The van der Waals surface area contributed by atoms with E-state index < -0.39 is 0 Å². The summed E-state index contributed by atoms with van der Waals surface area (Å²) in [6.07, 6.45) is 7.03. The quantitative estimate of drug-likeness (QED) is 0.749. The molecule has 0 bridgehead atoms. The summed E-state index contributed by atoms with van der Waals surface area (Å²) in [6, 6.07) is 2.12. The van der Waals surface area contributed by atoms with Crippen LogP contribution < -0.4 is 0 Å². The van der Waals surface area contributed by atoms with Gasteiger partial charge in [0.05, 0.1) is 6.07 Å². The molecular weight excluding hydrogens is 214 g/mol. The highest BCUT2D eigenvalue weighted by atomic mass is 16.5. The van der Waals surface area contributed by atoms with Crippen molar-refractivity contribution in [3.05, 3.63) is 11.7 Å². The summed E-state index contributed by atoms with van der Waals surface area (Å²) < 4.78 is 5.23. The fourth-order valence-electron chi connectivity index (χ4n) is 2.52. The Balaban J connectivity index is 1.91. The molecule has 92 valence electrons. The van der Waals surface area contributed by atoms with E-state index in [9.17, 15) is 0 Å². The lowest BCUT2D eigenvalue weighted by molar-refractivity contribution is 0.319. The van der Waals surface area contributed by atoms with Crippen LogP contribution in [0.15, 0.2) is 4.52 Å². The van der Waals surface area contributed by atoms with Gasteiger partial charge in [-0.25, -0.2) is 0 Å². The molecule has 1 heterocycles. The molecule has 1 aliphatic rings. The number of unbranched alkanes of at least 4 members (excludes halogenated alkanes) is 1. The number of rotatable bonds is 4. The first-order chi connectivity index (χ1) is 8.29. The van der Waals surface area contributed by atoms with Crippen LogP contribution in [0.2, 0.25) is 0 Å². The smallest absolute Gasteiger partial charge is 0.226 e. The van der Waals surface area contributed by atoms with Gasteiger partial charge in [0.15, 0.2) is 5.82 Å². The molecule has 17 heavy (non-hydrogen) atoms. The fourth-order valence-corrected chi connectivity index (χ4v) is 2.52. The Hall–Kier alpha value is -1.37. The summed E-state index contributed by atoms with van der Waals surface area (Å²) in [7, 11) is 0. The molecule has 1 aromatic heterocycles. The number of hydrogen-bond donors (Lipinski definition) is 0. The zero-order valence-electron chi connectivity index (χ0n) is 10.4. The molecule has 2 unspecified atom stereocenters. The number of hydrogen-bond acceptors (Lipinski definition) is 4. The summed E-state index contributed by atoms with van der Waals surface area (Å²) in [6.45, 7) is 2.29. The van der Waals surface area contributed by atoms with Crippen molar-refractivity contribution in [2.24, 2.45) is 5.92 Å². The minimum absolute atomic E-state index is 0.479. The largest absolute Gasteiger partial charge is 0.339 e. The van der Waals surface area contributed by atoms with Crippen LogP contribution in [-0.2, 0) is 6.42 Å². The summed E-state index contributed by atoms with van der Waals surface area (Å²) in [4.78, 5) is 4.45. The van der Waals surface area contributed by atoms with E-state index in [4.69, 9.17) is 9.78 Å². The summed E-state index contributed by atoms with van der Waals surface area (Å²) in [5, 5.41) is 12.5. The molecule has 4 heteroatoms. The first kappa shape index (κ1) is 12.1. The number of aromatic nitrogens is 2. The summed E-state index contributed by atoms with van der Waals surface area (Å²) in [5.41, 5.74) is 0. The van der Waals surface area contributed by atoms with E-state index in [-0.39, 0.29) is 0 Å². The Bertz CT molecular complexity index is 394. The van der Waals surface area contributed by atoms with Crippen LogP contribution in [0.4, 0.5) is 0 Å². The van der Waals surface area contributed by atoms with Gasteiger partial charge in [-0.15, -0.1) is 0 Å². The zero-order valence-corrected chi connectivity index (χ0v) is 10.4. The van der Waals surface area contributed by atoms with Crippen molar-refractivity contribution in [3.8, 4) is 6.07 Å². The van der Waals surface area contributed by atoms with Crippen LogP contribution in [0.5, 0.6) is 0 Å². The second-order valence-corrected chi connectivity index (χ2v) is 5.03. The second-order valence-electron chi connectivity index (χ2n) is 5.03. The van der Waals surface area contributed by atoms with Crippen LogP contribution in [0.25, 0.3) is 0 Å². The van der Waals surface area contributed by atoms with Gasteiger partial charge in [0.25, 0.3) is 0 Å². The predicted molar refractivity (Wildman–Crippen MR) is 63.2 cm³/mol. The van der Waals surface area contributed by atoms with E-state index in [2.05, 4.69) is 23.1 Å². The van der Waals surface area contributed by atoms with Gasteiger partial charge in [-0.1, -0.05) is 24.9 Å². The van der Waals surface area contributed by atoms with Crippen molar-refractivity contribution in [2.75, 3.05) is 0 Å². The molecule has 0 aromatic carbocycles. The molecule has 1 saturated carbocycles. The lowest BCUT2D eigenvalue weighted by Crippen LogP contribution is -2.12. The van der Waals surface area contributed by atoms with Crippen LogP contribution in [0.1, 0.15) is 63.1 Å². The van der Waals surface area contributed by atoms with Gasteiger partial charge in [0.1, 0.15) is 0 Å². The van der Waals surface area contributed by atoms with E-state index in [1.165, 1.54) is 25.7 Å². The molecule has 0 spiro atoms. The van der Waals surface area contributed by atoms with Crippen LogP contribution in [0, 0.1) is 17.2 Å². The van der Waals surface area contributed by atoms with Gasteiger partial charge in [-0.2, -0.15) is 10.2 Å². The normalized spacial score (nSPS) is 24.5. The molecule has 1 aliphatic carbocycles. The maximum atomic E-state index is 8.47. The molecule has 1 aromatic rings. The fraction of sp³-hybridized carbons (Fsp3) is 0.769. The Kier molecular flexibility index (Phi) is 4.13. The van der Waals surface area contributed by atoms with E-state index in [0.717, 1.165) is 24.6 Å². The van der Waals surface area contributed by atoms with Crippen LogP contribution >= 0.6 is 0 Å². The molecule has 0 N–H and O–H groups in total. The highest BCUT2D eigenvalue weighted by molar-refractivity contribution is 4.98. The lowest BCUT2D eigenvalue weighted by Gasteiger charge is -2.23. The molecule has 0 radical (unpaired) electrons. The van der Waals surface area contributed by atoms with Gasteiger partial charge in [-0.05, 0) is 25.2 Å². The monoisotopic (exact) mass is 233 g/mol. The average molecular weight is 233 g/mol. The van der Waals surface area contributed by atoms with Crippen molar-refractivity contribution in [1.29, 1.82) is 5.26 Å². The molecular formula is C13H19N3O. The van der Waals surface area contributed by atoms with E-state index in [0.29, 0.717) is 18.2 Å². The van der Waals surface area contributed by atoms with Crippen molar-refractivity contribution >= 4 is 0 Å². The van der Waals surface area contributed by atoms with E-state index >= 15 is 0 Å². The highest BCUT2D eigenvalue weighted by Gasteiger charge is 2.24. The van der Waals surface area contributed by atoms with Gasteiger partial charge < -0.3 is 4.52 Å². The van der Waals surface area contributed by atoms with Crippen molar-refractivity contribution in [1.82, 2.24) is 10.1 Å². The van der Waals surface area contributed by atoms with Crippen LogP contribution in [0.3, 0.4) is 0 Å². The molecule has 0 aliphatic heterocycles. The first-order valence-corrected chi connectivity index (χ1v) is 6.49. The third-order valence-corrected chi connectivity index (χ3v) is 3.46.